The summed E-state index contributed by atoms with van der Waals surface area (Å²) in [6.07, 6.45) is 0.901. The molecule has 0 bridgehead atoms. The second-order valence-corrected chi connectivity index (χ2v) is 7.58. The van der Waals surface area contributed by atoms with Gasteiger partial charge in [0.1, 0.15) is 29.2 Å². The Balaban J connectivity index is 1.57. The zero-order valence-electron chi connectivity index (χ0n) is 16.2. The summed E-state index contributed by atoms with van der Waals surface area (Å²) in [7, 11) is 0. The number of ether oxygens (including phenoxy) is 1. The van der Waals surface area contributed by atoms with E-state index in [4.69, 9.17) is 4.74 Å². The summed E-state index contributed by atoms with van der Waals surface area (Å²) in [4.78, 5) is 27.1. The van der Waals surface area contributed by atoms with E-state index in [0.29, 0.717) is 31.6 Å². The van der Waals surface area contributed by atoms with E-state index in [1.54, 1.807) is 12.1 Å². The molecular weight excluding hydrogens is 397 g/mol. The van der Waals surface area contributed by atoms with E-state index in [1.165, 1.54) is 18.2 Å². The predicted octanol–water partition coefficient (Wildman–Crippen LogP) is 3.07. The molecule has 0 spiro atoms. The smallest absolute Gasteiger partial charge is 0.249 e. The standard InChI is InChI=1S/C22H21F3N2O3/c23-15-4-1-3-14(13-15)22(8-11-30-12-9-22)21(29)26-18-7-10-27(20(18)28)19-16(24)5-2-6-17(19)25/h1-6,13,18H,7-12H2,(H,26,29). The molecule has 2 fully saturated rings. The van der Waals surface area contributed by atoms with Gasteiger partial charge in [-0.2, -0.15) is 0 Å². The Morgan fingerprint density at radius 1 is 1.07 bits per heavy atom. The molecule has 0 radical (unpaired) electrons. The first-order chi connectivity index (χ1) is 14.4. The molecule has 0 aromatic heterocycles. The number of nitrogens with one attached hydrogen (secondary N) is 1. The summed E-state index contributed by atoms with van der Waals surface area (Å²) in [6.45, 7) is 0.738. The number of para-hydroxylation sites is 1. The summed E-state index contributed by atoms with van der Waals surface area (Å²) in [6, 6.07) is 8.33. The molecule has 1 N–H and O–H groups in total. The first-order valence-electron chi connectivity index (χ1n) is 9.82. The van der Waals surface area contributed by atoms with Crippen molar-refractivity contribution in [1.29, 1.82) is 0 Å². The Morgan fingerprint density at radius 3 is 2.40 bits per heavy atom. The van der Waals surface area contributed by atoms with Gasteiger partial charge in [-0.3, -0.25) is 9.59 Å². The summed E-state index contributed by atoms with van der Waals surface area (Å²) in [5.41, 5.74) is -0.923. The van der Waals surface area contributed by atoms with Crippen LogP contribution in [0, 0.1) is 17.5 Å². The van der Waals surface area contributed by atoms with Gasteiger partial charge in [-0.1, -0.05) is 18.2 Å². The van der Waals surface area contributed by atoms with Crippen molar-refractivity contribution in [2.75, 3.05) is 24.7 Å². The zero-order chi connectivity index (χ0) is 21.3. The number of carbonyl (C=O) groups excluding carboxylic acids is 2. The molecule has 30 heavy (non-hydrogen) atoms. The third kappa shape index (κ3) is 3.56. The van der Waals surface area contributed by atoms with Gasteiger partial charge in [-0.05, 0) is 49.1 Å². The first kappa shape index (κ1) is 20.4. The Bertz CT molecular complexity index is 956. The van der Waals surface area contributed by atoms with Crippen LogP contribution in [0.1, 0.15) is 24.8 Å². The number of nitrogens with zero attached hydrogens (tertiary/aromatic N) is 1. The molecular formula is C22H21F3N2O3. The van der Waals surface area contributed by atoms with Crippen LogP contribution in [-0.4, -0.2) is 37.6 Å². The highest BCUT2D eigenvalue weighted by molar-refractivity contribution is 6.02. The molecule has 2 aromatic carbocycles. The van der Waals surface area contributed by atoms with E-state index in [1.807, 2.05) is 0 Å². The number of benzene rings is 2. The van der Waals surface area contributed by atoms with E-state index >= 15 is 0 Å². The third-order valence-corrected chi connectivity index (χ3v) is 5.88. The molecule has 158 valence electrons. The van der Waals surface area contributed by atoms with Crippen molar-refractivity contribution >= 4 is 17.5 Å². The lowest BCUT2D eigenvalue weighted by molar-refractivity contribution is -0.133. The van der Waals surface area contributed by atoms with Crippen molar-refractivity contribution in [1.82, 2.24) is 5.32 Å². The van der Waals surface area contributed by atoms with Crippen LogP contribution in [0.4, 0.5) is 18.9 Å². The number of halogens is 3. The van der Waals surface area contributed by atoms with Gasteiger partial charge in [0.15, 0.2) is 0 Å². The topological polar surface area (TPSA) is 58.6 Å². The molecule has 1 unspecified atom stereocenters. The van der Waals surface area contributed by atoms with Crippen LogP contribution in [0.25, 0.3) is 0 Å². The fourth-order valence-electron chi connectivity index (χ4n) is 4.23. The maximum absolute atomic E-state index is 14.1. The van der Waals surface area contributed by atoms with Gasteiger partial charge in [-0.25, -0.2) is 13.2 Å². The monoisotopic (exact) mass is 418 g/mol. The maximum Gasteiger partial charge on any atom is 0.249 e. The Hall–Kier alpha value is -2.87. The van der Waals surface area contributed by atoms with E-state index in [0.717, 1.165) is 17.0 Å². The number of hydrogen-bond acceptors (Lipinski definition) is 3. The molecule has 0 aliphatic carbocycles. The number of rotatable bonds is 4. The van der Waals surface area contributed by atoms with Crippen LogP contribution in [0.2, 0.25) is 0 Å². The summed E-state index contributed by atoms with van der Waals surface area (Å²) in [5.74, 6) is -3.12. The van der Waals surface area contributed by atoms with Crippen molar-refractivity contribution in [2.45, 2.75) is 30.7 Å². The summed E-state index contributed by atoms with van der Waals surface area (Å²) in [5, 5.41) is 2.74. The van der Waals surface area contributed by atoms with Crippen molar-refractivity contribution in [3.05, 3.63) is 65.5 Å². The lowest BCUT2D eigenvalue weighted by Crippen LogP contribution is -2.52. The molecule has 5 nitrogen and oxygen atoms in total. The number of amides is 2. The minimum atomic E-state index is -1.03. The minimum absolute atomic E-state index is 0.0811. The van der Waals surface area contributed by atoms with E-state index in [-0.39, 0.29) is 13.0 Å². The van der Waals surface area contributed by atoms with E-state index in [2.05, 4.69) is 5.32 Å². The number of carbonyl (C=O) groups is 2. The van der Waals surface area contributed by atoms with E-state index < -0.39 is 46.4 Å². The first-order valence-corrected chi connectivity index (χ1v) is 9.82. The Morgan fingerprint density at radius 2 is 1.73 bits per heavy atom. The largest absolute Gasteiger partial charge is 0.381 e. The Labute approximate surface area is 171 Å². The lowest BCUT2D eigenvalue weighted by atomic mass is 9.73. The van der Waals surface area contributed by atoms with Crippen molar-refractivity contribution in [2.24, 2.45) is 0 Å². The van der Waals surface area contributed by atoms with Crippen LogP contribution in [-0.2, 0) is 19.7 Å². The molecule has 4 rings (SSSR count). The van der Waals surface area contributed by atoms with Gasteiger partial charge in [0.2, 0.25) is 11.8 Å². The fraction of sp³-hybridized carbons (Fsp3) is 0.364. The third-order valence-electron chi connectivity index (χ3n) is 5.88. The summed E-state index contributed by atoms with van der Waals surface area (Å²) < 4.78 is 47.4. The second kappa shape index (κ2) is 8.10. The minimum Gasteiger partial charge on any atom is -0.381 e. The molecule has 2 aliphatic heterocycles. The molecule has 2 heterocycles. The average molecular weight is 418 g/mol. The molecule has 2 aromatic rings. The zero-order valence-corrected chi connectivity index (χ0v) is 16.2. The molecule has 2 aliphatic rings. The van der Waals surface area contributed by atoms with Crippen molar-refractivity contribution < 1.29 is 27.5 Å². The average Bonchev–Trinajstić information content (AvgIpc) is 3.08. The van der Waals surface area contributed by atoms with Gasteiger partial charge in [-0.15, -0.1) is 0 Å². The van der Waals surface area contributed by atoms with Crippen LogP contribution in [0.5, 0.6) is 0 Å². The van der Waals surface area contributed by atoms with Gasteiger partial charge >= 0.3 is 0 Å². The SMILES string of the molecule is O=C1C(NC(=O)C2(c3cccc(F)c3)CCOCC2)CCN1c1c(F)cccc1F. The van der Waals surface area contributed by atoms with Gasteiger partial charge in [0.05, 0.1) is 5.41 Å². The highest BCUT2D eigenvalue weighted by Gasteiger charge is 2.45. The van der Waals surface area contributed by atoms with Crippen LogP contribution >= 0.6 is 0 Å². The number of hydrogen-bond donors (Lipinski definition) is 1. The fourth-order valence-corrected chi connectivity index (χ4v) is 4.23. The second-order valence-electron chi connectivity index (χ2n) is 7.58. The molecule has 2 amide bonds. The highest BCUT2D eigenvalue weighted by Crippen LogP contribution is 2.36. The van der Waals surface area contributed by atoms with Crippen LogP contribution < -0.4 is 10.2 Å². The van der Waals surface area contributed by atoms with Crippen LogP contribution in [0.15, 0.2) is 42.5 Å². The molecule has 0 saturated carbocycles. The molecule has 1 atom stereocenters. The lowest BCUT2D eigenvalue weighted by Gasteiger charge is -2.37. The molecule has 2 saturated heterocycles. The van der Waals surface area contributed by atoms with Gasteiger partial charge < -0.3 is 15.0 Å². The normalized spacial score (nSPS) is 21.0. The van der Waals surface area contributed by atoms with Gasteiger partial charge in [0.25, 0.3) is 0 Å². The van der Waals surface area contributed by atoms with Gasteiger partial charge in [0, 0.05) is 19.8 Å². The van der Waals surface area contributed by atoms with Crippen molar-refractivity contribution in [3.63, 3.8) is 0 Å². The number of anilines is 1. The quantitative estimate of drug-likeness (QED) is 0.830. The maximum atomic E-state index is 14.1. The predicted molar refractivity (Wildman–Crippen MR) is 103 cm³/mol. The highest BCUT2D eigenvalue weighted by atomic mass is 19.1. The van der Waals surface area contributed by atoms with E-state index in [9.17, 15) is 22.8 Å². The Kier molecular flexibility index (Phi) is 5.51. The molecule has 8 heteroatoms. The van der Waals surface area contributed by atoms with Crippen LogP contribution in [0.3, 0.4) is 0 Å². The summed E-state index contributed by atoms with van der Waals surface area (Å²) >= 11 is 0. The van der Waals surface area contributed by atoms with Crippen molar-refractivity contribution in [3.8, 4) is 0 Å².